The zero-order chi connectivity index (χ0) is 15.3. The number of aryl methyl sites for hydroxylation is 1. The lowest BCUT2D eigenvalue weighted by Gasteiger charge is -2.09. The van der Waals surface area contributed by atoms with Crippen LogP contribution in [0.2, 0.25) is 0 Å². The van der Waals surface area contributed by atoms with Crippen molar-refractivity contribution in [3.05, 3.63) is 54.1 Å². The van der Waals surface area contributed by atoms with E-state index in [9.17, 15) is 8.42 Å². The van der Waals surface area contributed by atoms with Crippen LogP contribution in [0.5, 0.6) is 5.75 Å². The van der Waals surface area contributed by atoms with Crippen molar-refractivity contribution in [1.82, 2.24) is 0 Å². The highest BCUT2D eigenvalue weighted by molar-refractivity contribution is 7.91. The summed E-state index contributed by atoms with van der Waals surface area (Å²) in [7, 11) is -3.25. The molecule has 2 N–H and O–H groups in total. The summed E-state index contributed by atoms with van der Waals surface area (Å²) in [6.45, 7) is 2.24. The van der Waals surface area contributed by atoms with E-state index in [-0.39, 0.29) is 5.75 Å². The lowest BCUT2D eigenvalue weighted by atomic mass is 10.2. The van der Waals surface area contributed by atoms with Gasteiger partial charge in [0.15, 0.2) is 9.84 Å². The van der Waals surface area contributed by atoms with Gasteiger partial charge in [-0.3, -0.25) is 0 Å². The van der Waals surface area contributed by atoms with Gasteiger partial charge >= 0.3 is 0 Å². The third-order valence-corrected chi connectivity index (χ3v) is 4.93. The minimum Gasteiger partial charge on any atom is -0.491 e. The Hall–Kier alpha value is -2.01. The minimum atomic E-state index is -3.25. The van der Waals surface area contributed by atoms with E-state index in [1.54, 1.807) is 36.4 Å². The molecule has 0 fully saturated rings. The maximum absolute atomic E-state index is 12.1. The van der Waals surface area contributed by atoms with Crippen LogP contribution in [0.15, 0.2) is 53.4 Å². The molecular formula is C16H19NO3S. The second kappa shape index (κ2) is 6.63. The SMILES string of the molecule is Cc1ccc(S(=O)(=O)CCCOc2ccccc2N)cc1. The number of hydrogen-bond acceptors (Lipinski definition) is 4. The van der Waals surface area contributed by atoms with Gasteiger partial charge in [-0.2, -0.15) is 0 Å². The van der Waals surface area contributed by atoms with Gasteiger partial charge in [-0.05, 0) is 37.6 Å². The highest BCUT2D eigenvalue weighted by Gasteiger charge is 2.13. The maximum atomic E-state index is 12.1. The molecule has 0 heterocycles. The molecule has 0 atom stereocenters. The quantitative estimate of drug-likeness (QED) is 0.658. The van der Waals surface area contributed by atoms with Crippen molar-refractivity contribution < 1.29 is 13.2 Å². The Kier molecular flexibility index (Phi) is 4.85. The molecule has 0 amide bonds. The van der Waals surface area contributed by atoms with Crippen LogP contribution in [0.25, 0.3) is 0 Å². The number of rotatable bonds is 6. The van der Waals surface area contributed by atoms with Crippen LogP contribution in [0.4, 0.5) is 5.69 Å². The van der Waals surface area contributed by atoms with E-state index in [4.69, 9.17) is 10.5 Å². The van der Waals surface area contributed by atoms with Crippen LogP contribution in [-0.2, 0) is 9.84 Å². The number of anilines is 1. The van der Waals surface area contributed by atoms with E-state index in [0.29, 0.717) is 29.4 Å². The zero-order valence-electron chi connectivity index (χ0n) is 12.0. The van der Waals surface area contributed by atoms with Crippen molar-refractivity contribution in [2.75, 3.05) is 18.1 Å². The first kappa shape index (κ1) is 15.4. The van der Waals surface area contributed by atoms with E-state index in [0.717, 1.165) is 5.56 Å². The molecule has 0 saturated heterocycles. The molecule has 0 bridgehead atoms. The highest BCUT2D eigenvalue weighted by atomic mass is 32.2. The number of ether oxygens (including phenoxy) is 1. The third-order valence-electron chi connectivity index (χ3n) is 3.11. The lowest BCUT2D eigenvalue weighted by molar-refractivity contribution is 0.319. The van der Waals surface area contributed by atoms with Gasteiger partial charge in [0, 0.05) is 0 Å². The molecule has 2 aromatic carbocycles. The summed E-state index contributed by atoms with van der Waals surface area (Å²) in [5, 5.41) is 0. The normalized spacial score (nSPS) is 11.3. The Bertz CT molecular complexity index is 694. The Morgan fingerprint density at radius 3 is 2.38 bits per heavy atom. The molecule has 0 unspecified atom stereocenters. The summed E-state index contributed by atoms with van der Waals surface area (Å²) < 4.78 is 29.8. The molecule has 4 nitrogen and oxygen atoms in total. The average Bonchev–Trinajstić information content (AvgIpc) is 2.46. The van der Waals surface area contributed by atoms with Gasteiger partial charge in [0.1, 0.15) is 5.75 Å². The Morgan fingerprint density at radius 1 is 1.05 bits per heavy atom. The molecule has 0 radical (unpaired) electrons. The molecule has 2 aromatic rings. The molecular weight excluding hydrogens is 286 g/mol. The highest BCUT2D eigenvalue weighted by Crippen LogP contribution is 2.20. The fourth-order valence-corrected chi connectivity index (χ4v) is 3.19. The van der Waals surface area contributed by atoms with Gasteiger partial charge < -0.3 is 10.5 Å². The van der Waals surface area contributed by atoms with Crippen LogP contribution >= 0.6 is 0 Å². The molecule has 0 aliphatic rings. The molecule has 0 aliphatic carbocycles. The topological polar surface area (TPSA) is 69.4 Å². The summed E-state index contributed by atoms with van der Waals surface area (Å²) in [5.74, 6) is 0.647. The van der Waals surface area contributed by atoms with Gasteiger partial charge in [-0.25, -0.2) is 8.42 Å². The summed E-state index contributed by atoms with van der Waals surface area (Å²) in [6.07, 6.45) is 0.421. The number of sulfone groups is 1. The van der Waals surface area contributed by atoms with Crippen LogP contribution < -0.4 is 10.5 Å². The lowest BCUT2D eigenvalue weighted by Crippen LogP contribution is -2.11. The van der Waals surface area contributed by atoms with Crippen molar-refractivity contribution in [3.63, 3.8) is 0 Å². The van der Waals surface area contributed by atoms with Crippen molar-refractivity contribution >= 4 is 15.5 Å². The van der Waals surface area contributed by atoms with E-state index < -0.39 is 9.84 Å². The average molecular weight is 305 g/mol. The molecule has 112 valence electrons. The largest absolute Gasteiger partial charge is 0.491 e. The van der Waals surface area contributed by atoms with Crippen LogP contribution in [0, 0.1) is 6.92 Å². The van der Waals surface area contributed by atoms with E-state index in [2.05, 4.69) is 0 Å². The van der Waals surface area contributed by atoms with Crippen molar-refractivity contribution in [2.45, 2.75) is 18.2 Å². The summed E-state index contributed by atoms with van der Waals surface area (Å²) in [6, 6.07) is 14.0. The molecule has 0 aliphatic heterocycles. The van der Waals surface area contributed by atoms with Crippen LogP contribution in [0.1, 0.15) is 12.0 Å². The summed E-state index contributed by atoms with van der Waals surface area (Å²) in [5.41, 5.74) is 7.34. The predicted octanol–water partition coefficient (Wildman–Crippen LogP) is 2.82. The van der Waals surface area contributed by atoms with Crippen molar-refractivity contribution in [2.24, 2.45) is 0 Å². The number of benzene rings is 2. The van der Waals surface area contributed by atoms with Gasteiger partial charge in [0.05, 0.1) is 22.9 Å². The number of para-hydroxylation sites is 2. The fourth-order valence-electron chi connectivity index (χ4n) is 1.91. The second-order valence-corrected chi connectivity index (χ2v) is 6.98. The predicted molar refractivity (Wildman–Crippen MR) is 84.2 cm³/mol. The van der Waals surface area contributed by atoms with Gasteiger partial charge in [0.2, 0.25) is 0 Å². The Labute approximate surface area is 125 Å². The van der Waals surface area contributed by atoms with Gasteiger partial charge in [-0.1, -0.05) is 29.8 Å². The standard InChI is InChI=1S/C16H19NO3S/c1-13-7-9-14(10-8-13)21(18,19)12-4-11-20-16-6-3-2-5-15(16)17/h2-3,5-10H,4,11-12,17H2,1H3. The summed E-state index contributed by atoms with van der Waals surface area (Å²) >= 11 is 0. The smallest absolute Gasteiger partial charge is 0.178 e. The van der Waals surface area contributed by atoms with E-state index in [1.165, 1.54) is 0 Å². The van der Waals surface area contributed by atoms with Gasteiger partial charge in [0.25, 0.3) is 0 Å². The van der Waals surface area contributed by atoms with Crippen LogP contribution in [-0.4, -0.2) is 20.8 Å². The third kappa shape index (κ3) is 4.23. The molecule has 5 heteroatoms. The maximum Gasteiger partial charge on any atom is 0.178 e. The van der Waals surface area contributed by atoms with Gasteiger partial charge in [-0.15, -0.1) is 0 Å². The monoisotopic (exact) mass is 305 g/mol. The van der Waals surface area contributed by atoms with Crippen LogP contribution in [0.3, 0.4) is 0 Å². The Morgan fingerprint density at radius 2 is 1.71 bits per heavy atom. The molecule has 2 rings (SSSR count). The molecule has 0 saturated carbocycles. The van der Waals surface area contributed by atoms with E-state index in [1.807, 2.05) is 19.1 Å². The van der Waals surface area contributed by atoms with Crippen molar-refractivity contribution in [3.8, 4) is 5.75 Å². The number of hydrogen-bond donors (Lipinski definition) is 1. The fraction of sp³-hybridized carbons (Fsp3) is 0.250. The second-order valence-electron chi connectivity index (χ2n) is 4.87. The first-order valence-electron chi connectivity index (χ1n) is 6.76. The molecule has 21 heavy (non-hydrogen) atoms. The molecule has 0 spiro atoms. The number of nitrogens with two attached hydrogens (primary N) is 1. The first-order valence-corrected chi connectivity index (χ1v) is 8.41. The minimum absolute atomic E-state index is 0.0583. The summed E-state index contributed by atoms with van der Waals surface area (Å²) in [4.78, 5) is 0.354. The number of nitrogen functional groups attached to an aromatic ring is 1. The first-order chi connectivity index (χ1) is 9.99. The zero-order valence-corrected chi connectivity index (χ0v) is 12.8. The van der Waals surface area contributed by atoms with Crippen molar-refractivity contribution in [1.29, 1.82) is 0 Å². The molecule has 0 aromatic heterocycles. The Balaban J connectivity index is 1.88. The van der Waals surface area contributed by atoms with E-state index >= 15 is 0 Å².